The molecule has 1 aliphatic carbocycles. The van der Waals surface area contributed by atoms with E-state index in [1.807, 2.05) is 30.5 Å². The quantitative estimate of drug-likeness (QED) is 0.204. The minimum Gasteiger partial charge on any atom is -0.264 e. The first-order valence-corrected chi connectivity index (χ1v) is 15.4. The zero-order valence-corrected chi connectivity index (χ0v) is 25.3. The molecule has 0 spiro atoms. The first-order valence-electron chi connectivity index (χ1n) is 15.4. The van der Waals surface area contributed by atoms with E-state index >= 15 is 0 Å². The highest BCUT2D eigenvalue weighted by molar-refractivity contribution is 5.92. The molecule has 5 aromatic carbocycles. The zero-order chi connectivity index (χ0) is 30.4. The number of benzene rings is 5. The molecule has 0 N–H and O–H groups in total. The van der Waals surface area contributed by atoms with Crippen molar-refractivity contribution in [2.75, 3.05) is 0 Å². The number of fused-ring (bicyclic) bond motifs is 3. The maximum atomic E-state index is 5.09. The van der Waals surface area contributed by atoms with Gasteiger partial charge in [0.2, 0.25) is 0 Å². The minimum atomic E-state index is -0.0245. The van der Waals surface area contributed by atoms with Crippen molar-refractivity contribution >= 4 is 0 Å². The van der Waals surface area contributed by atoms with E-state index in [0.717, 1.165) is 39.2 Å². The van der Waals surface area contributed by atoms with Gasteiger partial charge in [-0.1, -0.05) is 141 Å². The summed E-state index contributed by atoms with van der Waals surface area (Å²) in [5.74, 6) is 0.702. The van der Waals surface area contributed by atoms with Crippen molar-refractivity contribution in [3.63, 3.8) is 0 Å². The van der Waals surface area contributed by atoms with E-state index in [9.17, 15) is 0 Å². The molecule has 0 saturated carbocycles. The van der Waals surface area contributed by atoms with Gasteiger partial charge in [-0.25, -0.2) is 9.97 Å². The molecule has 3 nitrogen and oxygen atoms in total. The molecule has 7 aromatic rings. The summed E-state index contributed by atoms with van der Waals surface area (Å²) in [6.45, 7) is 4.65. The lowest BCUT2D eigenvalue weighted by molar-refractivity contribution is 0.660. The first kappa shape index (κ1) is 26.9. The predicted octanol–water partition coefficient (Wildman–Crippen LogP) is 10.5. The summed E-state index contributed by atoms with van der Waals surface area (Å²) in [5, 5.41) is 0. The maximum Gasteiger partial charge on any atom is 0.160 e. The first-order chi connectivity index (χ1) is 22.1. The fourth-order valence-corrected chi connectivity index (χ4v) is 6.64. The topological polar surface area (TPSA) is 38.7 Å². The molecule has 0 atom stereocenters. The van der Waals surface area contributed by atoms with E-state index in [1.54, 1.807) is 6.20 Å². The molecular formula is C42H31N3. The van der Waals surface area contributed by atoms with Crippen LogP contribution in [-0.4, -0.2) is 15.0 Å². The van der Waals surface area contributed by atoms with Crippen LogP contribution in [0.5, 0.6) is 0 Å². The van der Waals surface area contributed by atoms with E-state index < -0.39 is 0 Å². The van der Waals surface area contributed by atoms with Crippen LogP contribution in [0.2, 0.25) is 0 Å². The van der Waals surface area contributed by atoms with Crippen LogP contribution < -0.4 is 0 Å². The van der Waals surface area contributed by atoms with Crippen molar-refractivity contribution in [1.29, 1.82) is 0 Å². The summed E-state index contributed by atoms with van der Waals surface area (Å²) in [7, 11) is 0. The number of nitrogens with zero attached hydrogens (tertiary/aromatic N) is 3. The Morgan fingerprint density at radius 3 is 1.76 bits per heavy atom. The van der Waals surface area contributed by atoms with Crippen LogP contribution >= 0.6 is 0 Å². The lowest BCUT2D eigenvalue weighted by atomic mass is 9.82. The van der Waals surface area contributed by atoms with Crippen molar-refractivity contribution in [2.24, 2.45) is 0 Å². The van der Waals surface area contributed by atoms with Crippen molar-refractivity contribution in [3.05, 3.63) is 163 Å². The molecule has 45 heavy (non-hydrogen) atoms. The molecule has 0 bridgehead atoms. The van der Waals surface area contributed by atoms with Gasteiger partial charge in [-0.3, -0.25) is 4.98 Å². The molecule has 2 aromatic heterocycles. The van der Waals surface area contributed by atoms with Gasteiger partial charge in [0, 0.05) is 34.5 Å². The molecule has 214 valence electrons. The van der Waals surface area contributed by atoms with E-state index in [4.69, 9.17) is 9.97 Å². The van der Waals surface area contributed by atoms with E-state index in [2.05, 4.69) is 134 Å². The molecular weight excluding hydrogens is 546 g/mol. The van der Waals surface area contributed by atoms with Crippen LogP contribution in [0.1, 0.15) is 25.0 Å². The number of hydrogen-bond acceptors (Lipinski definition) is 3. The third kappa shape index (κ3) is 4.74. The molecule has 0 saturated heterocycles. The Labute approximate surface area is 264 Å². The molecule has 0 radical (unpaired) electrons. The monoisotopic (exact) mass is 577 g/mol. The van der Waals surface area contributed by atoms with E-state index in [1.165, 1.54) is 33.4 Å². The highest BCUT2D eigenvalue weighted by Crippen LogP contribution is 2.51. The summed E-state index contributed by atoms with van der Waals surface area (Å²) < 4.78 is 0. The number of pyridine rings is 1. The van der Waals surface area contributed by atoms with Gasteiger partial charge in [0.15, 0.2) is 5.82 Å². The number of hydrogen-bond donors (Lipinski definition) is 0. The normalized spacial score (nSPS) is 12.8. The van der Waals surface area contributed by atoms with Gasteiger partial charge >= 0.3 is 0 Å². The third-order valence-electron chi connectivity index (χ3n) is 9.03. The van der Waals surface area contributed by atoms with Gasteiger partial charge in [-0.2, -0.15) is 0 Å². The fraction of sp³-hybridized carbons (Fsp3) is 0.0714. The van der Waals surface area contributed by atoms with Crippen LogP contribution in [0.4, 0.5) is 0 Å². The summed E-state index contributed by atoms with van der Waals surface area (Å²) in [4.78, 5) is 14.4. The third-order valence-corrected chi connectivity index (χ3v) is 9.03. The molecule has 0 fully saturated rings. The van der Waals surface area contributed by atoms with Crippen LogP contribution in [0, 0.1) is 0 Å². The van der Waals surface area contributed by atoms with Crippen LogP contribution in [-0.2, 0) is 5.41 Å². The lowest BCUT2D eigenvalue weighted by Gasteiger charge is -2.21. The molecule has 0 unspecified atom stereocenters. The van der Waals surface area contributed by atoms with Crippen molar-refractivity contribution < 1.29 is 0 Å². The summed E-state index contributed by atoms with van der Waals surface area (Å²) in [6, 6.07) is 49.2. The van der Waals surface area contributed by atoms with Crippen LogP contribution in [0.25, 0.3) is 67.3 Å². The molecule has 1 aliphatic rings. The van der Waals surface area contributed by atoms with Gasteiger partial charge in [0.1, 0.15) is 0 Å². The Bertz CT molecular complexity index is 2150. The van der Waals surface area contributed by atoms with E-state index in [0.29, 0.717) is 5.82 Å². The molecule has 0 aliphatic heterocycles. The average Bonchev–Trinajstić information content (AvgIpc) is 3.35. The van der Waals surface area contributed by atoms with Crippen LogP contribution in [0.15, 0.2) is 152 Å². The van der Waals surface area contributed by atoms with Gasteiger partial charge < -0.3 is 0 Å². The Morgan fingerprint density at radius 2 is 1.02 bits per heavy atom. The SMILES string of the molecule is CC1(C)c2ccccc2-c2c(-c3ccc(-c4cc(-c5ccccc5)nc(-c5ccc(-c6cccnc6)cc5)n4)cc3)cccc21. The minimum absolute atomic E-state index is 0.0245. The summed E-state index contributed by atoms with van der Waals surface area (Å²) >= 11 is 0. The highest BCUT2D eigenvalue weighted by atomic mass is 14.9. The highest BCUT2D eigenvalue weighted by Gasteiger charge is 2.36. The zero-order valence-electron chi connectivity index (χ0n) is 25.3. The van der Waals surface area contributed by atoms with Gasteiger partial charge in [0.25, 0.3) is 0 Å². The molecule has 0 amide bonds. The summed E-state index contributed by atoms with van der Waals surface area (Å²) in [5.41, 5.74) is 15.0. The summed E-state index contributed by atoms with van der Waals surface area (Å²) in [6.07, 6.45) is 3.67. The lowest BCUT2D eigenvalue weighted by Crippen LogP contribution is -2.14. The Morgan fingerprint density at radius 1 is 0.444 bits per heavy atom. The Hall–Kier alpha value is -5.67. The fourth-order valence-electron chi connectivity index (χ4n) is 6.64. The maximum absolute atomic E-state index is 5.09. The Balaban J connectivity index is 1.20. The molecule has 3 heteroatoms. The molecule has 2 heterocycles. The van der Waals surface area contributed by atoms with Gasteiger partial charge in [-0.05, 0) is 56.6 Å². The Kier molecular flexibility index (Phi) is 6.46. The smallest absolute Gasteiger partial charge is 0.160 e. The number of aromatic nitrogens is 3. The molecule has 8 rings (SSSR count). The second-order valence-electron chi connectivity index (χ2n) is 12.1. The average molecular weight is 578 g/mol. The largest absolute Gasteiger partial charge is 0.264 e. The van der Waals surface area contributed by atoms with Crippen molar-refractivity contribution in [3.8, 4) is 67.3 Å². The van der Waals surface area contributed by atoms with Crippen LogP contribution in [0.3, 0.4) is 0 Å². The predicted molar refractivity (Wildman–Crippen MR) is 185 cm³/mol. The second kappa shape index (κ2) is 10.8. The van der Waals surface area contributed by atoms with E-state index in [-0.39, 0.29) is 5.41 Å². The number of rotatable bonds is 5. The van der Waals surface area contributed by atoms with Crippen molar-refractivity contribution in [1.82, 2.24) is 15.0 Å². The van der Waals surface area contributed by atoms with Gasteiger partial charge in [-0.15, -0.1) is 0 Å². The second-order valence-corrected chi connectivity index (χ2v) is 12.1. The van der Waals surface area contributed by atoms with Crippen molar-refractivity contribution in [2.45, 2.75) is 19.3 Å². The standard InChI is InChI=1S/C42H31N3/c1-42(2)36-15-7-6-13-35(36)40-34(14-8-16-37(40)42)29-19-21-31(22-20-29)39-26-38(30-10-4-3-5-11-30)44-41(45-39)32-23-17-28(18-24-32)33-12-9-25-43-27-33/h3-27H,1-2H3. The van der Waals surface area contributed by atoms with Gasteiger partial charge in [0.05, 0.1) is 11.4 Å².